The number of rotatable bonds is 6. The van der Waals surface area contributed by atoms with Gasteiger partial charge in [0.15, 0.2) is 5.78 Å². The monoisotopic (exact) mass is 356 g/mol. The molecule has 1 aromatic heterocycles. The SMILES string of the molecule is CC(=O)c1ccc(C(=O)NCc2ccc(CN3CCCCC3)cc2)s1. The molecule has 1 aliphatic heterocycles. The number of amides is 1. The minimum Gasteiger partial charge on any atom is -0.347 e. The highest BCUT2D eigenvalue weighted by molar-refractivity contribution is 7.15. The molecule has 25 heavy (non-hydrogen) atoms. The van der Waals surface area contributed by atoms with Gasteiger partial charge in [0.1, 0.15) is 0 Å². The third-order valence-electron chi connectivity index (χ3n) is 4.51. The number of carbonyl (C=O) groups is 2. The summed E-state index contributed by atoms with van der Waals surface area (Å²) in [6.07, 6.45) is 3.96. The second kappa shape index (κ2) is 8.41. The van der Waals surface area contributed by atoms with Gasteiger partial charge in [-0.05, 0) is 56.1 Å². The number of hydrogen-bond acceptors (Lipinski definition) is 4. The third kappa shape index (κ3) is 5.00. The summed E-state index contributed by atoms with van der Waals surface area (Å²) >= 11 is 1.24. The lowest BCUT2D eigenvalue weighted by Gasteiger charge is -2.26. The summed E-state index contributed by atoms with van der Waals surface area (Å²) < 4.78 is 0. The number of nitrogens with one attached hydrogen (secondary N) is 1. The zero-order chi connectivity index (χ0) is 17.6. The molecular weight excluding hydrogens is 332 g/mol. The van der Waals surface area contributed by atoms with Crippen molar-refractivity contribution < 1.29 is 9.59 Å². The summed E-state index contributed by atoms with van der Waals surface area (Å²) in [6, 6.07) is 11.9. The molecule has 132 valence electrons. The molecular formula is C20H24N2O2S. The van der Waals surface area contributed by atoms with E-state index in [0.29, 0.717) is 16.3 Å². The first kappa shape index (κ1) is 17.8. The Morgan fingerprint density at radius 1 is 0.960 bits per heavy atom. The summed E-state index contributed by atoms with van der Waals surface area (Å²) in [5.74, 6) is -0.136. The topological polar surface area (TPSA) is 49.4 Å². The highest BCUT2D eigenvalue weighted by Crippen LogP contribution is 2.17. The maximum absolute atomic E-state index is 12.2. The predicted molar refractivity (Wildman–Crippen MR) is 101 cm³/mol. The molecule has 2 heterocycles. The summed E-state index contributed by atoms with van der Waals surface area (Å²) in [4.78, 5) is 27.2. The van der Waals surface area contributed by atoms with E-state index in [4.69, 9.17) is 0 Å². The van der Waals surface area contributed by atoms with Crippen LogP contribution in [0.15, 0.2) is 36.4 Å². The van der Waals surface area contributed by atoms with Gasteiger partial charge in [-0.3, -0.25) is 14.5 Å². The van der Waals surface area contributed by atoms with Crippen molar-refractivity contribution >= 4 is 23.0 Å². The van der Waals surface area contributed by atoms with Crippen LogP contribution in [-0.2, 0) is 13.1 Å². The molecule has 0 atom stereocenters. The summed E-state index contributed by atoms with van der Waals surface area (Å²) in [6.45, 7) is 5.41. The molecule has 1 N–H and O–H groups in total. The Balaban J connectivity index is 1.50. The van der Waals surface area contributed by atoms with Crippen LogP contribution in [0.3, 0.4) is 0 Å². The molecule has 1 amide bonds. The minimum absolute atomic E-state index is 0.00616. The predicted octanol–water partition coefficient (Wildman–Crippen LogP) is 3.87. The molecule has 2 aromatic rings. The molecule has 5 heteroatoms. The molecule has 0 aliphatic carbocycles. The van der Waals surface area contributed by atoms with Gasteiger partial charge in [0, 0.05) is 13.1 Å². The van der Waals surface area contributed by atoms with Gasteiger partial charge >= 0.3 is 0 Å². The molecule has 3 rings (SSSR count). The lowest BCUT2D eigenvalue weighted by atomic mass is 10.1. The van der Waals surface area contributed by atoms with Crippen LogP contribution in [0.2, 0.25) is 0 Å². The van der Waals surface area contributed by atoms with E-state index in [1.165, 1.54) is 56.2 Å². The first-order chi connectivity index (χ1) is 12.1. The number of likely N-dealkylation sites (tertiary alicyclic amines) is 1. The largest absolute Gasteiger partial charge is 0.347 e. The number of nitrogens with zero attached hydrogens (tertiary/aromatic N) is 1. The molecule has 1 fully saturated rings. The van der Waals surface area contributed by atoms with Crippen molar-refractivity contribution in [1.29, 1.82) is 0 Å². The van der Waals surface area contributed by atoms with Crippen LogP contribution in [0.5, 0.6) is 0 Å². The lowest BCUT2D eigenvalue weighted by Crippen LogP contribution is -2.29. The van der Waals surface area contributed by atoms with Crippen molar-refractivity contribution in [2.75, 3.05) is 13.1 Å². The van der Waals surface area contributed by atoms with Crippen molar-refractivity contribution in [3.05, 3.63) is 57.3 Å². The minimum atomic E-state index is -0.130. The molecule has 0 spiro atoms. The Kier molecular flexibility index (Phi) is 6.00. The van der Waals surface area contributed by atoms with Crippen molar-refractivity contribution in [2.24, 2.45) is 0 Å². The maximum Gasteiger partial charge on any atom is 0.261 e. The Hall–Kier alpha value is -1.98. The quantitative estimate of drug-likeness (QED) is 0.800. The second-order valence-electron chi connectivity index (χ2n) is 6.56. The van der Waals surface area contributed by atoms with Crippen LogP contribution in [0.1, 0.15) is 56.7 Å². The van der Waals surface area contributed by atoms with Crippen molar-refractivity contribution in [2.45, 2.75) is 39.3 Å². The van der Waals surface area contributed by atoms with Crippen LogP contribution in [-0.4, -0.2) is 29.7 Å². The zero-order valence-electron chi connectivity index (χ0n) is 14.6. The van der Waals surface area contributed by atoms with Gasteiger partial charge < -0.3 is 5.32 Å². The van der Waals surface area contributed by atoms with Crippen molar-refractivity contribution in [3.63, 3.8) is 0 Å². The normalized spacial score (nSPS) is 15.1. The summed E-state index contributed by atoms with van der Waals surface area (Å²) in [7, 11) is 0. The van der Waals surface area contributed by atoms with Crippen LogP contribution in [0.25, 0.3) is 0 Å². The van der Waals surface area contributed by atoms with E-state index in [-0.39, 0.29) is 11.7 Å². The van der Waals surface area contributed by atoms with E-state index in [9.17, 15) is 9.59 Å². The van der Waals surface area contributed by atoms with E-state index >= 15 is 0 Å². The van der Waals surface area contributed by atoms with E-state index < -0.39 is 0 Å². The molecule has 1 aliphatic rings. The first-order valence-electron chi connectivity index (χ1n) is 8.81. The van der Waals surface area contributed by atoms with Gasteiger partial charge in [0.25, 0.3) is 5.91 Å². The number of carbonyl (C=O) groups excluding carboxylic acids is 2. The number of ketones is 1. The second-order valence-corrected chi connectivity index (χ2v) is 7.64. The standard InChI is InChI=1S/C20H24N2O2S/c1-15(23)18-9-10-19(25-18)20(24)21-13-16-5-7-17(8-6-16)14-22-11-3-2-4-12-22/h5-10H,2-4,11-14H2,1H3,(H,21,24). The fourth-order valence-electron chi connectivity index (χ4n) is 3.06. The Morgan fingerprint density at radius 3 is 2.24 bits per heavy atom. The van der Waals surface area contributed by atoms with Gasteiger partial charge in [-0.2, -0.15) is 0 Å². The fourth-order valence-corrected chi connectivity index (χ4v) is 3.87. The van der Waals surface area contributed by atoms with E-state index in [1.807, 2.05) is 0 Å². The van der Waals surface area contributed by atoms with Crippen molar-refractivity contribution in [1.82, 2.24) is 10.2 Å². The smallest absolute Gasteiger partial charge is 0.261 e. The molecule has 0 saturated carbocycles. The number of piperidine rings is 1. The lowest BCUT2D eigenvalue weighted by molar-refractivity contribution is 0.0954. The first-order valence-corrected chi connectivity index (χ1v) is 9.62. The number of benzene rings is 1. The van der Waals surface area contributed by atoms with Gasteiger partial charge in [-0.25, -0.2) is 0 Å². The zero-order valence-corrected chi connectivity index (χ0v) is 15.4. The van der Waals surface area contributed by atoms with Gasteiger partial charge in [-0.15, -0.1) is 11.3 Å². The molecule has 1 aromatic carbocycles. The summed E-state index contributed by atoms with van der Waals surface area (Å²) in [5.41, 5.74) is 2.40. The van der Waals surface area contributed by atoms with Gasteiger partial charge in [-0.1, -0.05) is 30.7 Å². The molecule has 4 nitrogen and oxygen atoms in total. The average molecular weight is 356 g/mol. The average Bonchev–Trinajstić information content (AvgIpc) is 3.12. The van der Waals surface area contributed by atoms with E-state index in [0.717, 1.165) is 12.1 Å². The molecule has 1 saturated heterocycles. The highest BCUT2D eigenvalue weighted by atomic mass is 32.1. The Labute approximate surface area is 152 Å². The number of Topliss-reactive ketones (excluding diaryl/α,β-unsaturated/α-hetero) is 1. The van der Waals surface area contributed by atoms with Gasteiger partial charge in [0.2, 0.25) is 0 Å². The van der Waals surface area contributed by atoms with E-state index in [2.05, 4.69) is 34.5 Å². The van der Waals surface area contributed by atoms with Crippen LogP contribution in [0.4, 0.5) is 0 Å². The van der Waals surface area contributed by atoms with E-state index in [1.54, 1.807) is 12.1 Å². The van der Waals surface area contributed by atoms with Crippen LogP contribution < -0.4 is 5.32 Å². The van der Waals surface area contributed by atoms with Crippen molar-refractivity contribution in [3.8, 4) is 0 Å². The Morgan fingerprint density at radius 2 is 1.60 bits per heavy atom. The summed E-state index contributed by atoms with van der Waals surface area (Å²) in [5, 5.41) is 2.92. The van der Waals surface area contributed by atoms with Crippen LogP contribution in [0, 0.1) is 0 Å². The number of hydrogen-bond donors (Lipinski definition) is 1. The molecule has 0 bridgehead atoms. The Bertz CT molecular complexity index is 730. The third-order valence-corrected chi connectivity index (χ3v) is 5.69. The fraction of sp³-hybridized carbons (Fsp3) is 0.400. The molecule has 0 unspecified atom stereocenters. The highest BCUT2D eigenvalue weighted by Gasteiger charge is 2.12. The van der Waals surface area contributed by atoms with Crippen LogP contribution >= 0.6 is 11.3 Å². The number of thiophene rings is 1. The molecule has 0 radical (unpaired) electrons. The maximum atomic E-state index is 12.2. The van der Waals surface area contributed by atoms with Gasteiger partial charge in [0.05, 0.1) is 9.75 Å².